The van der Waals surface area contributed by atoms with Gasteiger partial charge in [0.05, 0.1) is 11.9 Å². The van der Waals surface area contributed by atoms with Crippen molar-refractivity contribution in [3.05, 3.63) is 65.6 Å². The summed E-state index contributed by atoms with van der Waals surface area (Å²) < 4.78 is 0. The van der Waals surface area contributed by atoms with Gasteiger partial charge in [0, 0.05) is 11.9 Å². The number of pyridine rings is 1. The molecule has 1 aromatic carbocycles. The van der Waals surface area contributed by atoms with E-state index >= 15 is 0 Å². The lowest BCUT2D eigenvalue weighted by atomic mass is 10.1. The molecule has 0 bridgehead atoms. The Balaban J connectivity index is 1.89. The summed E-state index contributed by atoms with van der Waals surface area (Å²) in [7, 11) is 0. The monoisotopic (exact) mass is 267 g/mol. The molecule has 0 saturated heterocycles. The van der Waals surface area contributed by atoms with Gasteiger partial charge >= 0.3 is 6.03 Å². The molecule has 2 N–H and O–H groups in total. The van der Waals surface area contributed by atoms with Gasteiger partial charge in [0.25, 0.3) is 0 Å². The van der Waals surface area contributed by atoms with Crippen LogP contribution < -0.4 is 10.6 Å². The average molecular weight is 267 g/mol. The van der Waals surface area contributed by atoms with E-state index in [9.17, 15) is 4.79 Å². The number of amides is 2. The quantitative estimate of drug-likeness (QED) is 0.894. The Morgan fingerprint density at radius 3 is 2.65 bits per heavy atom. The zero-order chi connectivity index (χ0) is 14.4. The van der Waals surface area contributed by atoms with Gasteiger partial charge in [-0.25, -0.2) is 4.79 Å². The Labute approximate surface area is 118 Å². The Morgan fingerprint density at radius 1 is 1.15 bits per heavy atom. The van der Waals surface area contributed by atoms with E-state index < -0.39 is 0 Å². The Morgan fingerprint density at radius 2 is 1.95 bits per heavy atom. The third-order valence-electron chi connectivity index (χ3n) is 2.84. The van der Waals surface area contributed by atoms with E-state index in [1.54, 1.807) is 12.4 Å². The predicted molar refractivity (Wildman–Crippen MR) is 81.3 cm³/mol. The van der Waals surface area contributed by atoms with Crippen LogP contribution in [0.4, 0.5) is 10.5 Å². The van der Waals surface area contributed by atoms with E-state index in [0.717, 1.165) is 16.8 Å². The van der Waals surface area contributed by atoms with Gasteiger partial charge in [-0.2, -0.15) is 0 Å². The van der Waals surface area contributed by atoms with Gasteiger partial charge in [0.15, 0.2) is 0 Å². The lowest BCUT2D eigenvalue weighted by molar-refractivity contribution is 0.255. The minimum atomic E-state index is -0.291. The molecule has 0 aliphatic heterocycles. The standard InChI is InChI=1S/C16H17N3O/c1-12-5-3-4-6-14(12)9-10-17-16(20)19-15-8-7-13(2)18-11-15/h3-11H,1-2H3,(H2,17,19,20)/b10-9+. The Bertz CT molecular complexity index is 618. The number of hydrogen-bond donors (Lipinski definition) is 2. The highest BCUT2D eigenvalue weighted by Gasteiger charge is 1.99. The molecule has 20 heavy (non-hydrogen) atoms. The summed E-state index contributed by atoms with van der Waals surface area (Å²) in [5, 5.41) is 5.37. The van der Waals surface area contributed by atoms with Crippen molar-refractivity contribution >= 4 is 17.8 Å². The molecule has 2 aromatic rings. The molecular formula is C16H17N3O. The molecule has 2 amide bonds. The van der Waals surface area contributed by atoms with Crippen LogP contribution in [-0.2, 0) is 0 Å². The highest BCUT2D eigenvalue weighted by atomic mass is 16.2. The summed E-state index contributed by atoms with van der Waals surface area (Å²) in [4.78, 5) is 15.8. The summed E-state index contributed by atoms with van der Waals surface area (Å²) >= 11 is 0. The van der Waals surface area contributed by atoms with E-state index in [0.29, 0.717) is 5.69 Å². The first-order valence-electron chi connectivity index (χ1n) is 6.37. The second-order valence-corrected chi connectivity index (χ2v) is 4.48. The molecule has 1 aromatic heterocycles. The number of aryl methyl sites for hydroxylation is 2. The number of nitrogens with one attached hydrogen (secondary N) is 2. The maximum absolute atomic E-state index is 11.7. The summed E-state index contributed by atoms with van der Waals surface area (Å²) in [6.45, 7) is 3.92. The zero-order valence-corrected chi connectivity index (χ0v) is 11.6. The molecule has 0 aliphatic carbocycles. The fourth-order valence-corrected chi connectivity index (χ4v) is 1.69. The van der Waals surface area contributed by atoms with E-state index in [-0.39, 0.29) is 6.03 Å². The molecule has 1 heterocycles. The normalized spacial score (nSPS) is 10.5. The SMILES string of the molecule is Cc1ccc(NC(=O)N/C=C/c2ccccc2C)cn1. The van der Waals surface area contributed by atoms with Crippen molar-refractivity contribution in [2.75, 3.05) is 5.32 Å². The number of anilines is 1. The van der Waals surface area contributed by atoms with Gasteiger partial charge in [-0.3, -0.25) is 4.98 Å². The molecule has 102 valence electrons. The van der Waals surface area contributed by atoms with Crippen LogP contribution in [0.3, 0.4) is 0 Å². The van der Waals surface area contributed by atoms with Crippen LogP contribution in [0.15, 0.2) is 48.8 Å². The number of benzene rings is 1. The first-order chi connectivity index (χ1) is 9.65. The van der Waals surface area contributed by atoms with Crippen molar-refractivity contribution in [2.45, 2.75) is 13.8 Å². The van der Waals surface area contributed by atoms with Crippen molar-refractivity contribution in [3.8, 4) is 0 Å². The third-order valence-corrected chi connectivity index (χ3v) is 2.84. The number of urea groups is 1. The maximum Gasteiger partial charge on any atom is 0.323 e. The summed E-state index contributed by atoms with van der Waals surface area (Å²) in [5.41, 5.74) is 3.81. The first-order valence-corrected chi connectivity index (χ1v) is 6.37. The molecule has 4 nitrogen and oxygen atoms in total. The van der Waals surface area contributed by atoms with E-state index in [1.165, 1.54) is 0 Å². The van der Waals surface area contributed by atoms with Crippen molar-refractivity contribution in [3.63, 3.8) is 0 Å². The lowest BCUT2D eigenvalue weighted by Gasteiger charge is -2.04. The lowest BCUT2D eigenvalue weighted by Crippen LogP contribution is -2.23. The third kappa shape index (κ3) is 3.95. The molecule has 0 aliphatic rings. The van der Waals surface area contributed by atoms with Gasteiger partial charge < -0.3 is 10.6 Å². The molecule has 0 unspecified atom stereocenters. The molecule has 2 rings (SSSR count). The van der Waals surface area contributed by atoms with Crippen LogP contribution in [-0.4, -0.2) is 11.0 Å². The topological polar surface area (TPSA) is 54.0 Å². The van der Waals surface area contributed by atoms with Gasteiger partial charge in [-0.1, -0.05) is 24.3 Å². The van der Waals surface area contributed by atoms with Gasteiger partial charge in [-0.15, -0.1) is 0 Å². The molecular weight excluding hydrogens is 250 g/mol. The van der Waals surface area contributed by atoms with Crippen molar-refractivity contribution < 1.29 is 4.79 Å². The second-order valence-electron chi connectivity index (χ2n) is 4.48. The van der Waals surface area contributed by atoms with E-state index in [2.05, 4.69) is 15.6 Å². The largest absolute Gasteiger partial charge is 0.323 e. The van der Waals surface area contributed by atoms with Crippen LogP contribution in [0.1, 0.15) is 16.8 Å². The minimum absolute atomic E-state index is 0.291. The number of hydrogen-bond acceptors (Lipinski definition) is 2. The van der Waals surface area contributed by atoms with Crippen molar-refractivity contribution in [1.82, 2.24) is 10.3 Å². The highest BCUT2D eigenvalue weighted by Crippen LogP contribution is 2.08. The summed E-state index contributed by atoms with van der Waals surface area (Å²) in [5.74, 6) is 0. The average Bonchev–Trinajstić information content (AvgIpc) is 2.43. The fourth-order valence-electron chi connectivity index (χ4n) is 1.69. The number of nitrogens with zero attached hydrogens (tertiary/aromatic N) is 1. The number of aromatic nitrogens is 1. The molecule has 0 fully saturated rings. The molecule has 0 atom stereocenters. The Kier molecular flexibility index (Phi) is 4.50. The second kappa shape index (κ2) is 6.52. The minimum Gasteiger partial charge on any atom is -0.314 e. The van der Waals surface area contributed by atoms with Crippen LogP contribution in [0.25, 0.3) is 6.08 Å². The van der Waals surface area contributed by atoms with Gasteiger partial charge in [0.1, 0.15) is 0 Å². The smallest absolute Gasteiger partial charge is 0.314 e. The van der Waals surface area contributed by atoms with Crippen LogP contribution in [0.5, 0.6) is 0 Å². The Hall–Kier alpha value is -2.62. The van der Waals surface area contributed by atoms with E-state index in [4.69, 9.17) is 0 Å². The summed E-state index contributed by atoms with van der Waals surface area (Å²) in [6, 6.07) is 11.3. The van der Waals surface area contributed by atoms with Crippen LogP contribution in [0.2, 0.25) is 0 Å². The number of carbonyl (C=O) groups excluding carboxylic acids is 1. The van der Waals surface area contributed by atoms with Crippen molar-refractivity contribution in [2.24, 2.45) is 0 Å². The summed E-state index contributed by atoms with van der Waals surface area (Å²) in [6.07, 6.45) is 5.11. The first kappa shape index (κ1) is 13.8. The molecule has 4 heteroatoms. The molecule has 0 radical (unpaired) electrons. The van der Waals surface area contributed by atoms with Gasteiger partial charge in [0.2, 0.25) is 0 Å². The molecule has 0 saturated carbocycles. The predicted octanol–water partition coefficient (Wildman–Crippen LogP) is 3.49. The maximum atomic E-state index is 11.7. The molecule has 0 spiro atoms. The van der Waals surface area contributed by atoms with Crippen molar-refractivity contribution in [1.29, 1.82) is 0 Å². The number of rotatable bonds is 3. The highest BCUT2D eigenvalue weighted by molar-refractivity contribution is 5.90. The van der Waals surface area contributed by atoms with Crippen LogP contribution in [0, 0.1) is 13.8 Å². The van der Waals surface area contributed by atoms with E-state index in [1.807, 2.05) is 56.3 Å². The number of carbonyl (C=O) groups is 1. The zero-order valence-electron chi connectivity index (χ0n) is 11.6. The van der Waals surface area contributed by atoms with Crippen LogP contribution >= 0.6 is 0 Å². The van der Waals surface area contributed by atoms with Gasteiger partial charge in [-0.05, 0) is 43.2 Å². The fraction of sp³-hybridized carbons (Fsp3) is 0.125.